The summed E-state index contributed by atoms with van der Waals surface area (Å²) < 4.78 is 23.6. The zero-order valence-corrected chi connectivity index (χ0v) is 10.9. The highest BCUT2D eigenvalue weighted by molar-refractivity contribution is 6.02. The molecule has 1 heterocycles. The smallest absolute Gasteiger partial charge is 0.231 e. The van der Waals surface area contributed by atoms with Gasteiger partial charge in [-0.2, -0.15) is 5.26 Å². The molecule has 4 nitrogen and oxygen atoms in total. The molecule has 0 aromatic heterocycles. The van der Waals surface area contributed by atoms with Crippen molar-refractivity contribution in [2.45, 2.75) is 5.92 Å². The number of rotatable bonds is 3. The van der Waals surface area contributed by atoms with Crippen molar-refractivity contribution in [3.05, 3.63) is 59.4 Å². The maximum Gasteiger partial charge on any atom is 0.231 e. The van der Waals surface area contributed by atoms with Crippen molar-refractivity contribution in [2.75, 3.05) is 6.79 Å². The second-order valence-corrected chi connectivity index (χ2v) is 4.55. The van der Waals surface area contributed by atoms with Crippen LogP contribution < -0.4 is 9.47 Å². The van der Waals surface area contributed by atoms with Crippen LogP contribution >= 0.6 is 0 Å². The van der Waals surface area contributed by atoms with Gasteiger partial charge in [0, 0.05) is 5.56 Å². The summed E-state index contributed by atoms with van der Waals surface area (Å²) in [6.07, 6.45) is 0. The third kappa shape index (κ3) is 2.43. The molecule has 104 valence electrons. The monoisotopic (exact) mass is 283 g/mol. The van der Waals surface area contributed by atoms with Crippen LogP contribution in [-0.2, 0) is 0 Å². The molecule has 0 aliphatic carbocycles. The number of ketones is 1. The number of hydrogen-bond acceptors (Lipinski definition) is 4. The summed E-state index contributed by atoms with van der Waals surface area (Å²) in [5, 5.41) is 9.29. The predicted molar refractivity (Wildman–Crippen MR) is 71.6 cm³/mol. The number of ether oxygens (including phenoxy) is 2. The summed E-state index contributed by atoms with van der Waals surface area (Å²) in [5.74, 6) is -0.895. The summed E-state index contributed by atoms with van der Waals surface area (Å²) in [5.41, 5.74) is 0.662. The van der Waals surface area contributed by atoms with E-state index < -0.39 is 17.5 Å². The highest BCUT2D eigenvalue weighted by Gasteiger charge is 2.24. The van der Waals surface area contributed by atoms with E-state index in [1.54, 1.807) is 18.2 Å². The quantitative estimate of drug-likeness (QED) is 0.812. The summed E-state index contributed by atoms with van der Waals surface area (Å²) in [6, 6.07) is 12.2. The van der Waals surface area contributed by atoms with E-state index in [2.05, 4.69) is 0 Å². The van der Waals surface area contributed by atoms with E-state index in [9.17, 15) is 14.4 Å². The van der Waals surface area contributed by atoms with E-state index in [1.807, 2.05) is 6.07 Å². The minimum atomic E-state index is -1.01. The molecule has 5 heteroatoms. The molecule has 0 fully saturated rings. The Morgan fingerprint density at radius 3 is 2.76 bits per heavy atom. The van der Waals surface area contributed by atoms with Crippen molar-refractivity contribution in [2.24, 2.45) is 0 Å². The number of benzene rings is 2. The average Bonchev–Trinajstić information content (AvgIpc) is 2.95. The van der Waals surface area contributed by atoms with Gasteiger partial charge in [0.2, 0.25) is 6.79 Å². The lowest BCUT2D eigenvalue weighted by atomic mass is 9.91. The van der Waals surface area contributed by atoms with Crippen LogP contribution in [0.1, 0.15) is 21.8 Å². The van der Waals surface area contributed by atoms with E-state index >= 15 is 0 Å². The Labute approximate surface area is 120 Å². The third-order valence-electron chi connectivity index (χ3n) is 3.23. The van der Waals surface area contributed by atoms with Crippen LogP contribution in [0.25, 0.3) is 0 Å². The molecule has 3 rings (SSSR count). The highest BCUT2D eigenvalue weighted by atomic mass is 19.1. The summed E-state index contributed by atoms with van der Waals surface area (Å²) >= 11 is 0. The Balaban J connectivity index is 1.95. The van der Waals surface area contributed by atoms with Gasteiger partial charge in [-0.25, -0.2) is 4.39 Å². The Morgan fingerprint density at radius 1 is 1.19 bits per heavy atom. The number of carbonyl (C=O) groups excluding carboxylic acids is 1. The first-order valence-corrected chi connectivity index (χ1v) is 6.28. The van der Waals surface area contributed by atoms with Gasteiger partial charge in [0.15, 0.2) is 17.3 Å². The van der Waals surface area contributed by atoms with Crippen LogP contribution in [0.15, 0.2) is 42.5 Å². The zero-order valence-electron chi connectivity index (χ0n) is 10.9. The molecule has 0 N–H and O–H groups in total. The van der Waals surface area contributed by atoms with Crippen molar-refractivity contribution in [1.29, 1.82) is 5.26 Å². The van der Waals surface area contributed by atoms with Gasteiger partial charge in [0.25, 0.3) is 0 Å². The predicted octanol–water partition coefficient (Wildman–Crippen LogP) is 3.04. The van der Waals surface area contributed by atoms with Crippen molar-refractivity contribution in [3.8, 4) is 17.6 Å². The fourth-order valence-corrected chi connectivity index (χ4v) is 2.19. The van der Waals surface area contributed by atoms with Crippen LogP contribution in [-0.4, -0.2) is 12.6 Å². The number of halogens is 1. The van der Waals surface area contributed by atoms with E-state index in [1.165, 1.54) is 18.2 Å². The summed E-state index contributed by atoms with van der Waals surface area (Å²) in [6.45, 7) is 0.119. The van der Waals surface area contributed by atoms with Gasteiger partial charge in [-0.3, -0.25) is 4.79 Å². The number of hydrogen-bond donors (Lipinski definition) is 0. The van der Waals surface area contributed by atoms with Gasteiger partial charge in [-0.05, 0) is 29.8 Å². The lowest BCUT2D eigenvalue weighted by Crippen LogP contribution is -2.11. The van der Waals surface area contributed by atoms with Crippen molar-refractivity contribution in [3.63, 3.8) is 0 Å². The fourth-order valence-electron chi connectivity index (χ4n) is 2.19. The minimum absolute atomic E-state index is 0.119. The number of carbonyl (C=O) groups is 1. The topological polar surface area (TPSA) is 59.3 Å². The van der Waals surface area contributed by atoms with Crippen molar-refractivity contribution < 1.29 is 18.7 Å². The fraction of sp³-hybridized carbons (Fsp3) is 0.125. The Kier molecular flexibility index (Phi) is 3.28. The number of nitrogens with zero attached hydrogens (tertiary/aromatic N) is 1. The van der Waals surface area contributed by atoms with Crippen LogP contribution in [0.5, 0.6) is 11.5 Å². The summed E-state index contributed by atoms with van der Waals surface area (Å²) in [7, 11) is 0. The summed E-state index contributed by atoms with van der Waals surface area (Å²) in [4.78, 5) is 12.4. The first kappa shape index (κ1) is 13.1. The van der Waals surface area contributed by atoms with Gasteiger partial charge in [-0.1, -0.05) is 18.2 Å². The second-order valence-electron chi connectivity index (χ2n) is 4.55. The molecule has 1 aliphatic heterocycles. The molecule has 0 bridgehead atoms. The number of Topliss-reactive ketones (excluding diaryl/α,β-unsaturated/α-hetero) is 1. The standard InChI is InChI=1S/C16H10FNO3/c17-12-3-1-2-11(6-12)16(19)13(8-18)10-4-5-14-15(7-10)21-9-20-14/h1-7,13H,9H2. The Morgan fingerprint density at radius 2 is 2.00 bits per heavy atom. The van der Waals surface area contributed by atoms with Gasteiger partial charge in [0.05, 0.1) is 6.07 Å². The number of fused-ring (bicyclic) bond motifs is 1. The number of nitriles is 1. The third-order valence-corrected chi connectivity index (χ3v) is 3.23. The van der Waals surface area contributed by atoms with Crippen molar-refractivity contribution >= 4 is 5.78 Å². The van der Waals surface area contributed by atoms with Crippen LogP contribution in [0.3, 0.4) is 0 Å². The second kappa shape index (κ2) is 5.25. The molecule has 0 saturated carbocycles. The van der Waals surface area contributed by atoms with Gasteiger partial charge < -0.3 is 9.47 Å². The van der Waals surface area contributed by atoms with Gasteiger partial charge in [-0.15, -0.1) is 0 Å². The van der Waals surface area contributed by atoms with E-state index in [0.717, 1.165) is 6.07 Å². The molecule has 1 atom stereocenters. The molecule has 0 spiro atoms. The normalized spacial score (nSPS) is 13.5. The molecule has 0 saturated heterocycles. The van der Waals surface area contributed by atoms with Gasteiger partial charge >= 0.3 is 0 Å². The minimum Gasteiger partial charge on any atom is -0.454 e. The molecule has 0 amide bonds. The van der Waals surface area contributed by atoms with E-state index in [0.29, 0.717) is 17.1 Å². The van der Waals surface area contributed by atoms with Gasteiger partial charge in [0.1, 0.15) is 11.7 Å². The Hall–Kier alpha value is -2.87. The molecule has 2 aromatic rings. The van der Waals surface area contributed by atoms with Crippen LogP contribution in [0, 0.1) is 17.1 Å². The maximum atomic E-state index is 13.2. The van der Waals surface area contributed by atoms with E-state index in [4.69, 9.17) is 9.47 Å². The maximum absolute atomic E-state index is 13.2. The molecule has 1 aliphatic rings. The largest absolute Gasteiger partial charge is 0.454 e. The Bertz CT molecular complexity index is 751. The molecule has 0 radical (unpaired) electrons. The van der Waals surface area contributed by atoms with Crippen LogP contribution in [0.4, 0.5) is 4.39 Å². The van der Waals surface area contributed by atoms with E-state index in [-0.39, 0.29) is 12.4 Å². The SMILES string of the molecule is N#CC(C(=O)c1cccc(F)c1)c1ccc2c(c1)OCO2. The average molecular weight is 283 g/mol. The lowest BCUT2D eigenvalue weighted by Gasteiger charge is -2.09. The molecular weight excluding hydrogens is 273 g/mol. The first-order chi connectivity index (χ1) is 10.2. The molecule has 2 aromatic carbocycles. The first-order valence-electron chi connectivity index (χ1n) is 6.28. The molecular formula is C16H10FNO3. The molecule has 21 heavy (non-hydrogen) atoms. The van der Waals surface area contributed by atoms with Crippen molar-refractivity contribution in [1.82, 2.24) is 0 Å². The highest BCUT2D eigenvalue weighted by Crippen LogP contribution is 2.35. The zero-order chi connectivity index (χ0) is 14.8. The molecule has 1 unspecified atom stereocenters. The van der Waals surface area contributed by atoms with Crippen LogP contribution in [0.2, 0.25) is 0 Å². The lowest BCUT2D eigenvalue weighted by molar-refractivity contribution is 0.0978.